The first-order valence-electron chi connectivity index (χ1n) is 25.4. The van der Waals surface area contributed by atoms with Crippen LogP contribution in [0, 0.1) is 49.7 Å². The van der Waals surface area contributed by atoms with Gasteiger partial charge in [0, 0.05) is 22.0 Å². The third kappa shape index (κ3) is 29.0. The Morgan fingerprint density at radius 1 is 0.348 bits per heavy atom. The summed E-state index contributed by atoms with van der Waals surface area (Å²) in [4.78, 5) is 0. The second-order valence-corrected chi connectivity index (χ2v) is 28.8. The second-order valence-electron chi connectivity index (χ2n) is 26.3. The average molecular weight is 982 g/mol. The van der Waals surface area contributed by atoms with Crippen LogP contribution >= 0.6 is 23.5 Å². The lowest BCUT2D eigenvalue weighted by Crippen LogP contribution is -2.36. The number of rotatable bonds is 0. The first-order valence-corrected chi connectivity index (χ1v) is 27.6. The lowest BCUT2D eigenvalue weighted by molar-refractivity contribution is -0.224. The van der Waals surface area contributed by atoms with Crippen LogP contribution in [-0.2, 0) is 47.4 Å². The predicted octanol–water partition coefficient (Wildman–Crippen LogP) is 13.8. The number of hydrogen-bond donors (Lipinski definition) is 0. The fourth-order valence-electron chi connectivity index (χ4n) is 7.29. The van der Waals surface area contributed by atoms with Gasteiger partial charge in [0.05, 0.1) is 65.1 Å². The van der Waals surface area contributed by atoms with Crippen molar-refractivity contribution in [3.8, 4) is 0 Å². The van der Waals surface area contributed by atoms with E-state index in [2.05, 4.69) is 169 Å². The quantitative estimate of drug-likeness (QED) is 0.231. The molecule has 4 unspecified atom stereocenters. The normalized spacial score (nSPS) is 26.3. The van der Waals surface area contributed by atoms with Gasteiger partial charge in [-0.1, -0.05) is 145 Å². The molecule has 0 bridgehead atoms. The molecule has 7 heterocycles. The third-order valence-electron chi connectivity index (χ3n) is 12.4. The first-order chi connectivity index (χ1) is 30.2. The minimum Gasteiger partial charge on any atom is -0.355 e. The molecule has 4 atom stereocenters. The maximum atomic E-state index is 5.42. The zero-order chi connectivity index (χ0) is 50.5. The fraction of sp³-hybridized carbons (Fsp3) is 1.00. The van der Waals surface area contributed by atoms with E-state index in [1.54, 1.807) is 0 Å². The van der Waals surface area contributed by atoms with Crippen LogP contribution < -0.4 is 0 Å². The summed E-state index contributed by atoms with van der Waals surface area (Å²) in [6.07, 6.45) is 7.06. The summed E-state index contributed by atoms with van der Waals surface area (Å²) < 4.78 is 52.7. The molecule has 7 rings (SSSR count). The molecule has 10 nitrogen and oxygen atoms in total. The van der Waals surface area contributed by atoms with Crippen molar-refractivity contribution >= 4 is 23.5 Å². The van der Waals surface area contributed by atoms with Crippen molar-refractivity contribution in [1.82, 2.24) is 0 Å². The van der Waals surface area contributed by atoms with Crippen LogP contribution in [0.4, 0.5) is 0 Å². The molecular weight excluding hydrogens is 873 g/mol. The molecule has 12 heteroatoms. The van der Waals surface area contributed by atoms with E-state index in [0.29, 0.717) is 48.6 Å². The van der Waals surface area contributed by atoms with Gasteiger partial charge in [0.25, 0.3) is 0 Å². The van der Waals surface area contributed by atoms with Gasteiger partial charge in [0.2, 0.25) is 0 Å². The Morgan fingerprint density at radius 3 is 1.08 bits per heavy atom. The zero-order valence-electron chi connectivity index (χ0n) is 46.9. The zero-order valence-corrected chi connectivity index (χ0v) is 48.5. The number of hydrogen-bond acceptors (Lipinski definition) is 12. The van der Waals surface area contributed by atoms with Crippen LogP contribution in [0.1, 0.15) is 178 Å². The molecule has 396 valence electrons. The molecule has 7 saturated heterocycles. The minimum atomic E-state index is 0.00116. The highest BCUT2D eigenvalue weighted by Crippen LogP contribution is 2.39. The number of ether oxygens (including phenoxy) is 10. The molecule has 66 heavy (non-hydrogen) atoms. The van der Waals surface area contributed by atoms with Gasteiger partial charge in [-0.25, -0.2) is 0 Å². The summed E-state index contributed by atoms with van der Waals surface area (Å²) in [5.74, 6) is 5.71. The minimum absolute atomic E-state index is 0.00116. The van der Waals surface area contributed by atoms with Gasteiger partial charge >= 0.3 is 0 Å². The van der Waals surface area contributed by atoms with E-state index < -0.39 is 0 Å². The van der Waals surface area contributed by atoms with Crippen LogP contribution in [-0.4, -0.2) is 121 Å². The van der Waals surface area contributed by atoms with Crippen molar-refractivity contribution in [2.75, 3.05) is 90.5 Å². The van der Waals surface area contributed by atoms with E-state index in [4.69, 9.17) is 47.4 Å². The molecule has 7 aliphatic heterocycles. The highest BCUT2D eigenvalue weighted by Gasteiger charge is 2.32. The topological polar surface area (TPSA) is 92.3 Å². The van der Waals surface area contributed by atoms with Crippen LogP contribution in [0.25, 0.3) is 0 Å². The maximum Gasteiger partial charge on any atom is 0.162 e. The predicted molar refractivity (Wildman–Crippen MR) is 279 cm³/mol. The molecule has 0 spiro atoms. The van der Waals surface area contributed by atoms with E-state index in [1.165, 1.54) is 36.5 Å². The molecule has 7 aliphatic rings. The summed E-state index contributed by atoms with van der Waals surface area (Å²) in [6.45, 7) is 54.5. The molecule has 0 saturated carbocycles. The Balaban J connectivity index is 0.000000385. The van der Waals surface area contributed by atoms with Crippen molar-refractivity contribution in [3.05, 3.63) is 0 Å². The van der Waals surface area contributed by atoms with E-state index in [9.17, 15) is 0 Å². The third-order valence-corrected chi connectivity index (χ3v) is 15.4. The Kier molecular flexibility index (Phi) is 29.6. The molecule has 0 aromatic heterocycles. The Bertz CT molecular complexity index is 1010. The van der Waals surface area contributed by atoms with Crippen molar-refractivity contribution in [1.29, 1.82) is 0 Å². The SMILES string of the molecule is CC(C)(C)C1CCCS1.CC(C)(C)C1CCOCO1.CC(C)(C)C1CCSC1.CC(C)(C)C1COCO1.CC(C)(C)C1COCOC1.CC(C)(C)C1OCCCO1.CC(C)(C)C1OCCO1. The van der Waals surface area contributed by atoms with Gasteiger partial charge in [-0.2, -0.15) is 23.5 Å². The lowest BCUT2D eigenvalue weighted by atomic mass is 9.81. The van der Waals surface area contributed by atoms with Gasteiger partial charge in [-0.3, -0.25) is 0 Å². The second kappa shape index (κ2) is 30.4. The molecule has 0 amide bonds. The first kappa shape index (κ1) is 64.3. The summed E-state index contributed by atoms with van der Waals surface area (Å²) in [5.41, 5.74) is 2.18. The van der Waals surface area contributed by atoms with E-state index in [0.717, 1.165) is 76.9 Å². The Hall–Kier alpha value is 0.300. The maximum absolute atomic E-state index is 5.42. The van der Waals surface area contributed by atoms with Crippen LogP contribution in [0.15, 0.2) is 0 Å². The smallest absolute Gasteiger partial charge is 0.162 e. The van der Waals surface area contributed by atoms with Gasteiger partial charge in [-0.05, 0) is 82.4 Å². The van der Waals surface area contributed by atoms with E-state index in [1.807, 2.05) is 0 Å². The molecule has 7 fully saturated rings. The fourth-order valence-corrected chi connectivity index (χ4v) is 10.3. The Morgan fingerprint density at radius 2 is 0.818 bits per heavy atom. The molecule has 0 aromatic rings. The summed E-state index contributed by atoms with van der Waals surface area (Å²) in [6, 6.07) is 0. The monoisotopic (exact) mass is 981 g/mol. The standard InChI is InChI=1S/3C8H16O2.2C8H16S.2C7H14O2/c1-8(2,3)7-4-9-6-10-5-7;1-8(2,3)7-4-5-9-6-10-7;1-8(2,3)7-9-5-4-6-10-7;1-8(2,3)7-4-5-9-6-7;1-8(2,3)7-5-4-6-9-7;1-7(2,3)6-4-8-5-9-6;1-7(2,3)6-8-4-5-9-6/h3*7H,4-6H2,1-3H3;2*7H,4-6H2,1-3H3;2*6H,4-5H2,1-3H3. The molecule has 0 N–H and O–H groups in total. The highest BCUT2D eigenvalue weighted by molar-refractivity contribution is 8.00. The van der Waals surface area contributed by atoms with Gasteiger partial charge < -0.3 is 47.4 Å². The lowest BCUT2D eigenvalue weighted by Gasteiger charge is -2.33. The molecule has 0 radical (unpaired) electrons. The van der Waals surface area contributed by atoms with Crippen molar-refractivity contribution < 1.29 is 47.4 Å². The number of thioether (sulfide) groups is 2. The highest BCUT2D eigenvalue weighted by atomic mass is 32.2. The summed E-state index contributed by atoms with van der Waals surface area (Å²) in [5, 5.41) is 0.928. The van der Waals surface area contributed by atoms with Crippen LogP contribution in [0.5, 0.6) is 0 Å². The summed E-state index contributed by atoms with van der Waals surface area (Å²) >= 11 is 4.26. The average Bonchev–Trinajstić information content (AvgIpc) is 4.07. The van der Waals surface area contributed by atoms with Crippen molar-refractivity contribution in [2.45, 2.75) is 208 Å². The van der Waals surface area contributed by atoms with Gasteiger partial charge in [-0.15, -0.1) is 0 Å². The van der Waals surface area contributed by atoms with E-state index in [-0.39, 0.29) is 40.3 Å². The Labute approximate surface area is 416 Å². The van der Waals surface area contributed by atoms with Crippen LogP contribution in [0.3, 0.4) is 0 Å². The molecule has 0 aliphatic carbocycles. The molecule has 0 aromatic carbocycles. The summed E-state index contributed by atoms with van der Waals surface area (Å²) in [7, 11) is 0. The van der Waals surface area contributed by atoms with Gasteiger partial charge in [0.1, 0.15) is 20.4 Å². The van der Waals surface area contributed by atoms with Crippen molar-refractivity contribution in [2.24, 2.45) is 49.7 Å². The van der Waals surface area contributed by atoms with Crippen molar-refractivity contribution in [3.63, 3.8) is 0 Å². The van der Waals surface area contributed by atoms with E-state index >= 15 is 0 Å². The van der Waals surface area contributed by atoms with Crippen LogP contribution in [0.2, 0.25) is 0 Å². The largest absolute Gasteiger partial charge is 0.355 e. The molecular formula is C54H108O10S2. The van der Waals surface area contributed by atoms with Gasteiger partial charge in [0.15, 0.2) is 12.6 Å².